The average Bonchev–Trinajstić information content (AvgIpc) is 3.14. The number of alkyl halides is 3. The minimum absolute atomic E-state index is 0.105. The van der Waals surface area contributed by atoms with Crippen LogP contribution in [0.5, 0.6) is 5.75 Å². The molecule has 3 aromatic rings. The average molecular weight is 457 g/mol. The summed E-state index contributed by atoms with van der Waals surface area (Å²) in [4.78, 5) is 32.0. The lowest BCUT2D eigenvalue weighted by Gasteiger charge is -2.12. The van der Waals surface area contributed by atoms with Crippen molar-refractivity contribution in [3.8, 4) is 5.75 Å². The maximum atomic E-state index is 12.9. The summed E-state index contributed by atoms with van der Waals surface area (Å²) in [5.74, 6) is -2.59. The van der Waals surface area contributed by atoms with E-state index in [-0.39, 0.29) is 29.2 Å². The molecule has 3 rings (SSSR count). The topological polar surface area (TPSA) is 111 Å². The molecule has 0 aliphatic carbocycles. The van der Waals surface area contributed by atoms with E-state index in [1.54, 1.807) is 6.07 Å². The number of nitrogens with one attached hydrogen (secondary N) is 2. The molecule has 2 amide bonds. The summed E-state index contributed by atoms with van der Waals surface area (Å²) in [5, 5.41) is 3.72. The molecular formula is C18H16ClF3N6O3. The number of aromatic nitrogens is 4. The molecule has 0 aliphatic heterocycles. The molecule has 0 bridgehead atoms. The number of rotatable bonds is 4. The largest absolute Gasteiger partial charge is 0.496 e. The molecule has 0 atom stereocenters. The third-order valence-corrected chi connectivity index (χ3v) is 4.60. The van der Waals surface area contributed by atoms with E-state index in [1.165, 1.54) is 33.1 Å². The number of hydrogen-bond donors (Lipinski definition) is 2. The molecule has 0 fully saturated rings. The van der Waals surface area contributed by atoms with Crippen LogP contribution < -0.4 is 15.6 Å². The highest BCUT2D eigenvalue weighted by Crippen LogP contribution is 2.27. The molecule has 0 unspecified atom stereocenters. The van der Waals surface area contributed by atoms with Crippen molar-refractivity contribution in [1.29, 1.82) is 0 Å². The van der Waals surface area contributed by atoms with Crippen molar-refractivity contribution >= 4 is 29.2 Å². The summed E-state index contributed by atoms with van der Waals surface area (Å²) >= 11 is 5.89. The Balaban J connectivity index is 1.76. The van der Waals surface area contributed by atoms with Crippen LogP contribution in [0.3, 0.4) is 0 Å². The van der Waals surface area contributed by atoms with E-state index in [9.17, 15) is 22.8 Å². The zero-order valence-corrected chi connectivity index (χ0v) is 17.2. The normalized spacial score (nSPS) is 11.5. The van der Waals surface area contributed by atoms with E-state index >= 15 is 0 Å². The Labute approximate surface area is 178 Å². The molecule has 1 aromatic carbocycles. The fraction of sp³-hybridized carbons (Fsp3) is 0.278. The summed E-state index contributed by atoms with van der Waals surface area (Å²) in [6, 6.07) is 4.41. The summed E-state index contributed by atoms with van der Waals surface area (Å²) in [7, 11) is 1.38. The van der Waals surface area contributed by atoms with Crippen LogP contribution in [0.4, 0.5) is 13.2 Å². The number of carbonyl (C=O) groups is 2. The summed E-state index contributed by atoms with van der Waals surface area (Å²) in [5.41, 5.74) is 5.51. The highest BCUT2D eigenvalue weighted by atomic mass is 35.5. The maximum Gasteiger partial charge on any atom is 0.453 e. The van der Waals surface area contributed by atoms with E-state index in [0.29, 0.717) is 16.3 Å². The first-order valence-electron chi connectivity index (χ1n) is 8.74. The zero-order chi connectivity index (χ0) is 22.9. The standard InChI is InChI=1S/C18H16ClF3N6O3/c1-8-11(9(2)28-17(23-8)24-16(27-28)18(20,21)22)7-14(29)25-26-15(30)12-6-10(19)4-5-13(12)31-3/h4-6H,7H2,1-3H3,(H,25,29)(H,26,30). The van der Waals surface area contributed by atoms with Crippen molar-refractivity contribution in [2.45, 2.75) is 26.4 Å². The van der Waals surface area contributed by atoms with Crippen LogP contribution in [0.25, 0.3) is 5.78 Å². The van der Waals surface area contributed by atoms with Gasteiger partial charge < -0.3 is 4.74 Å². The lowest BCUT2D eigenvalue weighted by Crippen LogP contribution is -2.42. The van der Waals surface area contributed by atoms with Gasteiger partial charge in [-0.05, 0) is 32.0 Å². The van der Waals surface area contributed by atoms with Crippen molar-refractivity contribution in [1.82, 2.24) is 30.4 Å². The number of aryl methyl sites for hydroxylation is 2. The number of methoxy groups -OCH3 is 1. The first kappa shape index (κ1) is 22.3. The fourth-order valence-electron chi connectivity index (χ4n) is 2.84. The number of ether oxygens (including phenoxy) is 1. The number of fused-ring (bicyclic) bond motifs is 1. The van der Waals surface area contributed by atoms with Gasteiger partial charge >= 0.3 is 6.18 Å². The Bertz CT molecular complexity index is 1180. The lowest BCUT2D eigenvalue weighted by molar-refractivity contribution is -0.144. The highest BCUT2D eigenvalue weighted by molar-refractivity contribution is 6.31. The van der Waals surface area contributed by atoms with Gasteiger partial charge in [0, 0.05) is 22.0 Å². The van der Waals surface area contributed by atoms with Gasteiger partial charge in [0.2, 0.25) is 5.91 Å². The predicted molar refractivity (Wildman–Crippen MR) is 103 cm³/mol. The molecule has 9 nitrogen and oxygen atoms in total. The van der Waals surface area contributed by atoms with Crippen LogP contribution in [0.15, 0.2) is 18.2 Å². The molecule has 13 heteroatoms. The second-order valence-electron chi connectivity index (χ2n) is 6.43. The molecule has 0 spiro atoms. The molecule has 2 heterocycles. The molecule has 0 aliphatic rings. The second-order valence-corrected chi connectivity index (χ2v) is 6.87. The van der Waals surface area contributed by atoms with E-state index < -0.39 is 23.8 Å². The minimum Gasteiger partial charge on any atom is -0.496 e. The van der Waals surface area contributed by atoms with Gasteiger partial charge in [0.05, 0.1) is 19.1 Å². The van der Waals surface area contributed by atoms with Crippen LogP contribution in [0.2, 0.25) is 5.02 Å². The van der Waals surface area contributed by atoms with E-state index in [2.05, 4.69) is 25.9 Å². The number of hydrazine groups is 1. The number of benzene rings is 1. The molecule has 0 radical (unpaired) electrons. The van der Waals surface area contributed by atoms with Crippen molar-refractivity contribution in [3.63, 3.8) is 0 Å². The third-order valence-electron chi connectivity index (χ3n) is 4.36. The van der Waals surface area contributed by atoms with Gasteiger partial charge in [0.15, 0.2) is 0 Å². The van der Waals surface area contributed by atoms with Gasteiger partial charge in [-0.2, -0.15) is 18.2 Å². The SMILES string of the molecule is COc1ccc(Cl)cc1C(=O)NNC(=O)Cc1c(C)nc2nc(C(F)(F)F)nn2c1C. The lowest BCUT2D eigenvalue weighted by atomic mass is 10.1. The van der Waals surface area contributed by atoms with Crippen molar-refractivity contribution < 1.29 is 27.5 Å². The van der Waals surface area contributed by atoms with Crippen molar-refractivity contribution in [2.24, 2.45) is 0 Å². The predicted octanol–water partition coefficient (Wildman–Crippen LogP) is 2.43. The highest BCUT2D eigenvalue weighted by Gasteiger charge is 2.37. The number of carbonyl (C=O) groups excluding carboxylic acids is 2. The summed E-state index contributed by atoms with van der Waals surface area (Å²) in [6.45, 7) is 3.03. The molecule has 164 valence electrons. The van der Waals surface area contributed by atoms with Crippen LogP contribution in [-0.2, 0) is 17.4 Å². The van der Waals surface area contributed by atoms with Crippen LogP contribution in [0.1, 0.15) is 33.1 Å². The maximum absolute atomic E-state index is 12.9. The van der Waals surface area contributed by atoms with Crippen molar-refractivity contribution in [2.75, 3.05) is 7.11 Å². The van der Waals surface area contributed by atoms with Gasteiger partial charge in [-0.3, -0.25) is 20.4 Å². The molecule has 31 heavy (non-hydrogen) atoms. The number of amides is 2. The summed E-state index contributed by atoms with van der Waals surface area (Å²) < 4.78 is 44.6. The van der Waals surface area contributed by atoms with Crippen LogP contribution in [-0.4, -0.2) is 38.5 Å². The van der Waals surface area contributed by atoms with Gasteiger partial charge in [0.1, 0.15) is 5.75 Å². The van der Waals surface area contributed by atoms with E-state index in [4.69, 9.17) is 16.3 Å². The Kier molecular flexibility index (Phi) is 6.02. The van der Waals surface area contributed by atoms with Crippen LogP contribution >= 0.6 is 11.6 Å². The first-order chi connectivity index (χ1) is 14.5. The monoisotopic (exact) mass is 456 g/mol. The fourth-order valence-corrected chi connectivity index (χ4v) is 3.01. The smallest absolute Gasteiger partial charge is 0.453 e. The third kappa shape index (κ3) is 4.68. The van der Waals surface area contributed by atoms with Gasteiger partial charge in [-0.1, -0.05) is 11.6 Å². The summed E-state index contributed by atoms with van der Waals surface area (Å²) in [6.07, 6.45) is -4.99. The molecule has 0 saturated carbocycles. The van der Waals surface area contributed by atoms with Gasteiger partial charge in [0.25, 0.3) is 17.5 Å². The zero-order valence-electron chi connectivity index (χ0n) is 16.5. The molecule has 2 aromatic heterocycles. The van der Waals surface area contributed by atoms with Gasteiger partial charge in [-0.15, -0.1) is 5.10 Å². The quantitative estimate of drug-likeness (QED) is 0.583. The van der Waals surface area contributed by atoms with E-state index in [0.717, 1.165) is 4.52 Å². The molecule has 0 saturated heterocycles. The Morgan fingerprint density at radius 1 is 1.19 bits per heavy atom. The van der Waals surface area contributed by atoms with Gasteiger partial charge in [-0.25, -0.2) is 9.50 Å². The Morgan fingerprint density at radius 2 is 1.90 bits per heavy atom. The van der Waals surface area contributed by atoms with Crippen LogP contribution in [0, 0.1) is 13.8 Å². The number of nitrogens with zero attached hydrogens (tertiary/aromatic N) is 4. The minimum atomic E-state index is -4.72. The van der Waals surface area contributed by atoms with E-state index in [1.807, 2.05) is 0 Å². The number of halogens is 4. The number of hydrogen-bond acceptors (Lipinski definition) is 6. The molecular weight excluding hydrogens is 441 g/mol. The Hall–Kier alpha value is -3.41. The first-order valence-corrected chi connectivity index (χ1v) is 9.11. The molecule has 2 N–H and O–H groups in total. The second kappa shape index (κ2) is 8.38. The van der Waals surface area contributed by atoms with Crippen molar-refractivity contribution in [3.05, 3.63) is 51.6 Å². The Morgan fingerprint density at radius 3 is 2.55 bits per heavy atom.